The highest BCUT2D eigenvalue weighted by Gasteiger charge is 2.06. The Balaban J connectivity index is -0.000000163. The molecule has 118 valence electrons. The number of hydrogen-bond acceptors (Lipinski definition) is 4. The van der Waals surface area contributed by atoms with E-state index in [2.05, 4.69) is 12.6 Å². The fourth-order valence-corrected chi connectivity index (χ4v) is 1.19. The molecule has 0 spiro atoms. The lowest BCUT2D eigenvalue weighted by atomic mass is 10.2. The Labute approximate surface area is 125 Å². The summed E-state index contributed by atoms with van der Waals surface area (Å²) in [5.74, 6) is 0.921. The van der Waals surface area contributed by atoms with Crippen molar-refractivity contribution in [3.05, 3.63) is 0 Å². The van der Waals surface area contributed by atoms with Crippen LogP contribution in [0.4, 0.5) is 0 Å². The molecule has 0 aliphatic rings. The summed E-state index contributed by atoms with van der Waals surface area (Å²) in [4.78, 5) is 22.8. The first-order valence-electron chi connectivity index (χ1n) is 6.95. The predicted molar refractivity (Wildman–Crippen MR) is 86.9 cm³/mol. The zero-order valence-corrected chi connectivity index (χ0v) is 14.4. The minimum Gasteiger partial charge on any atom is -0.400 e. The van der Waals surface area contributed by atoms with Crippen molar-refractivity contribution in [3.8, 4) is 0 Å². The van der Waals surface area contributed by atoms with Gasteiger partial charge in [-0.15, -0.1) is 0 Å². The summed E-state index contributed by atoms with van der Waals surface area (Å²) < 4.78 is 0. The van der Waals surface area contributed by atoms with Crippen molar-refractivity contribution in [3.63, 3.8) is 0 Å². The van der Waals surface area contributed by atoms with Crippen molar-refractivity contribution in [2.45, 2.75) is 53.4 Å². The SMILES string of the molecule is CC.CC.CN(CC=O)C(=O)CCCCCS.CO. The van der Waals surface area contributed by atoms with E-state index in [9.17, 15) is 9.59 Å². The van der Waals surface area contributed by atoms with Gasteiger partial charge in [0.15, 0.2) is 0 Å². The smallest absolute Gasteiger partial charge is 0.222 e. The predicted octanol–water partition coefficient (Wildman–Crippen LogP) is 2.79. The minimum atomic E-state index is 0.0475. The largest absolute Gasteiger partial charge is 0.400 e. The Morgan fingerprint density at radius 1 is 1.11 bits per heavy atom. The lowest BCUT2D eigenvalue weighted by Gasteiger charge is -2.12. The molecule has 1 N–H and O–H groups in total. The number of hydrogen-bond donors (Lipinski definition) is 2. The Kier molecular flexibility index (Phi) is 43.1. The Bertz CT molecular complexity index is 167. The first-order valence-corrected chi connectivity index (χ1v) is 7.58. The molecule has 0 radical (unpaired) electrons. The fourth-order valence-electron chi connectivity index (χ4n) is 0.969. The summed E-state index contributed by atoms with van der Waals surface area (Å²) in [6, 6.07) is 0. The van der Waals surface area contributed by atoms with Crippen LogP contribution in [0.25, 0.3) is 0 Å². The molecule has 0 aromatic heterocycles. The lowest BCUT2D eigenvalue weighted by Crippen LogP contribution is -2.28. The van der Waals surface area contributed by atoms with Crippen molar-refractivity contribution in [1.82, 2.24) is 4.90 Å². The molecular weight excluding hydrogens is 262 g/mol. The molecule has 0 bridgehead atoms. The van der Waals surface area contributed by atoms with E-state index in [1.165, 1.54) is 4.90 Å². The van der Waals surface area contributed by atoms with Crippen LogP contribution in [0.15, 0.2) is 0 Å². The zero-order chi connectivity index (χ0) is 16.1. The lowest BCUT2D eigenvalue weighted by molar-refractivity contribution is -0.131. The summed E-state index contributed by atoms with van der Waals surface area (Å²) in [5, 5.41) is 7.00. The number of unbranched alkanes of at least 4 members (excludes halogenated alkanes) is 2. The Morgan fingerprint density at radius 3 is 1.95 bits per heavy atom. The number of nitrogens with zero attached hydrogens (tertiary/aromatic N) is 1. The van der Waals surface area contributed by atoms with E-state index >= 15 is 0 Å². The topological polar surface area (TPSA) is 57.6 Å². The summed E-state index contributed by atoms with van der Waals surface area (Å²) in [5.41, 5.74) is 0. The molecule has 1 amide bonds. The summed E-state index contributed by atoms with van der Waals surface area (Å²) in [7, 11) is 2.65. The van der Waals surface area contributed by atoms with Gasteiger partial charge in [0.25, 0.3) is 0 Å². The molecule has 5 heteroatoms. The maximum atomic E-state index is 11.2. The standard InChI is InChI=1S/C9H17NO2S.2C2H6.CH4O/c1-10(6-7-11)9(12)5-3-2-4-8-13;3*1-2/h7,13H,2-6,8H2,1H3;2*1-2H3;2H,1H3. The maximum Gasteiger partial charge on any atom is 0.222 e. The minimum absolute atomic E-state index is 0.0475. The molecule has 0 aromatic rings. The van der Waals surface area contributed by atoms with E-state index in [-0.39, 0.29) is 12.5 Å². The molecule has 0 heterocycles. The number of aliphatic hydroxyl groups is 1. The van der Waals surface area contributed by atoms with Gasteiger partial charge in [0, 0.05) is 20.6 Å². The molecule has 0 saturated heterocycles. The second-order valence-electron chi connectivity index (χ2n) is 2.98. The number of aldehydes is 1. The van der Waals surface area contributed by atoms with E-state index in [0.29, 0.717) is 6.42 Å². The molecule has 4 nitrogen and oxygen atoms in total. The number of amides is 1. The molecule has 0 saturated carbocycles. The van der Waals surface area contributed by atoms with Gasteiger partial charge in [0.1, 0.15) is 6.29 Å². The van der Waals surface area contributed by atoms with Gasteiger partial charge in [-0.05, 0) is 18.6 Å². The molecule has 0 unspecified atom stereocenters. The van der Waals surface area contributed by atoms with Crippen molar-refractivity contribution in [1.29, 1.82) is 0 Å². The van der Waals surface area contributed by atoms with E-state index < -0.39 is 0 Å². The molecule has 0 aliphatic heterocycles. The summed E-state index contributed by atoms with van der Waals surface area (Å²) in [6.45, 7) is 8.20. The normalized spacial score (nSPS) is 7.58. The van der Waals surface area contributed by atoms with Crippen molar-refractivity contribution >= 4 is 24.8 Å². The third kappa shape index (κ3) is 26.9. The van der Waals surface area contributed by atoms with Crippen LogP contribution < -0.4 is 0 Å². The summed E-state index contributed by atoms with van der Waals surface area (Å²) >= 11 is 4.08. The molecule has 0 rings (SSSR count). The second kappa shape index (κ2) is 30.5. The zero-order valence-electron chi connectivity index (χ0n) is 13.5. The molecule has 19 heavy (non-hydrogen) atoms. The average Bonchev–Trinajstić information content (AvgIpc) is 2.50. The Hall–Kier alpha value is -0.550. The second-order valence-corrected chi connectivity index (χ2v) is 3.42. The number of thiol groups is 1. The number of carbonyl (C=O) groups excluding carboxylic acids is 2. The molecule has 0 aromatic carbocycles. The van der Waals surface area contributed by atoms with Crippen LogP contribution in [0.3, 0.4) is 0 Å². The van der Waals surface area contributed by atoms with Crippen molar-refractivity contribution < 1.29 is 14.7 Å². The monoisotopic (exact) mass is 295 g/mol. The van der Waals surface area contributed by atoms with Gasteiger partial charge < -0.3 is 14.8 Å². The van der Waals surface area contributed by atoms with Crippen LogP contribution in [0, 0.1) is 0 Å². The molecule has 0 fully saturated rings. The highest BCUT2D eigenvalue weighted by atomic mass is 32.1. The molecule has 0 aliphatic carbocycles. The first kappa shape index (κ1) is 26.9. The molecular formula is C14H33NO3S. The van der Waals surface area contributed by atoms with Crippen LogP contribution in [-0.4, -0.2) is 48.7 Å². The van der Waals surface area contributed by atoms with E-state index in [1.807, 2.05) is 27.7 Å². The average molecular weight is 295 g/mol. The Morgan fingerprint density at radius 2 is 1.58 bits per heavy atom. The highest BCUT2D eigenvalue weighted by molar-refractivity contribution is 7.80. The van der Waals surface area contributed by atoms with Crippen LogP contribution in [0.5, 0.6) is 0 Å². The van der Waals surface area contributed by atoms with Gasteiger partial charge in [0.05, 0.1) is 6.54 Å². The van der Waals surface area contributed by atoms with Crippen LogP contribution >= 0.6 is 12.6 Å². The van der Waals surface area contributed by atoms with E-state index in [1.54, 1.807) is 7.05 Å². The van der Waals surface area contributed by atoms with Gasteiger partial charge in [0.2, 0.25) is 5.91 Å². The molecule has 0 atom stereocenters. The van der Waals surface area contributed by atoms with Gasteiger partial charge in [-0.3, -0.25) is 4.79 Å². The van der Waals surface area contributed by atoms with E-state index in [4.69, 9.17) is 5.11 Å². The van der Waals surface area contributed by atoms with Gasteiger partial charge >= 0.3 is 0 Å². The van der Waals surface area contributed by atoms with Crippen molar-refractivity contribution in [2.24, 2.45) is 0 Å². The quantitative estimate of drug-likeness (QED) is 0.431. The van der Waals surface area contributed by atoms with Crippen LogP contribution in [0.2, 0.25) is 0 Å². The fraction of sp³-hybridized carbons (Fsp3) is 0.857. The van der Waals surface area contributed by atoms with Gasteiger partial charge in [-0.25, -0.2) is 0 Å². The highest BCUT2D eigenvalue weighted by Crippen LogP contribution is 2.02. The maximum absolute atomic E-state index is 11.2. The number of carbonyl (C=O) groups is 2. The van der Waals surface area contributed by atoms with Gasteiger partial charge in [-0.1, -0.05) is 34.1 Å². The summed E-state index contributed by atoms with van der Waals surface area (Å²) in [6.07, 6.45) is 4.25. The first-order chi connectivity index (χ1) is 9.22. The number of aliphatic hydroxyl groups excluding tert-OH is 1. The van der Waals surface area contributed by atoms with Crippen LogP contribution in [-0.2, 0) is 9.59 Å². The van der Waals surface area contributed by atoms with E-state index in [0.717, 1.165) is 38.4 Å². The number of likely N-dealkylation sites (N-methyl/N-ethyl adjacent to an activating group) is 1. The van der Waals surface area contributed by atoms with Gasteiger partial charge in [-0.2, -0.15) is 12.6 Å². The third-order valence-corrected chi connectivity index (χ3v) is 2.14. The van der Waals surface area contributed by atoms with Crippen LogP contribution in [0.1, 0.15) is 53.4 Å². The number of rotatable bonds is 7. The van der Waals surface area contributed by atoms with Crippen molar-refractivity contribution in [2.75, 3.05) is 26.5 Å². The third-order valence-electron chi connectivity index (χ3n) is 1.82.